The molecule has 168 valence electrons. The van der Waals surface area contributed by atoms with E-state index < -0.39 is 10.8 Å². The van der Waals surface area contributed by atoms with Crippen molar-refractivity contribution in [1.29, 1.82) is 0 Å². The molecule has 3 N–H and O–H groups in total. The molecule has 1 aromatic rings. The van der Waals surface area contributed by atoms with Gasteiger partial charge in [-0.2, -0.15) is 0 Å². The summed E-state index contributed by atoms with van der Waals surface area (Å²) in [5, 5.41) is 11.5. The molecule has 2 fully saturated rings. The maximum absolute atomic E-state index is 12.3. The molecule has 1 aromatic carbocycles. The van der Waals surface area contributed by atoms with Crippen LogP contribution in [0.25, 0.3) is 0 Å². The summed E-state index contributed by atoms with van der Waals surface area (Å²) in [5.41, 5.74) is 1.44. The Hall–Kier alpha value is -1.40. The smallest absolute Gasteiger partial charge is 0.191 e. The van der Waals surface area contributed by atoms with Crippen molar-refractivity contribution < 1.29 is 4.21 Å². The second kappa shape index (κ2) is 11.3. The predicted octanol–water partition coefficient (Wildman–Crippen LogP) is 3.89. The van der Waals surface area contributed by atoms with Gasteiger partial charge in [-0.15, -0.1) is 0 Å². The van der Waals surface area contributed by atoms with Crippen molar-refractivity contribution in [2.45, 2.75) is 88.1 Å². The molecule has 4 atom stereocenters. The molecule has 0 aromatic heterocycles. The van der Waals surface area contributed by atoms with Gasteiger partial charge in [0, 0.05) is 53.0 Å². The van der Waals surface area contributed by atoms with E-state index in [0.29, 0.717) is 17.3 Å². The molecule has 0 amide bonds. The van der Waals surface area contributed by atoms with E-state index in [2.05, 4.69) is 58.2 Å². The Morgan fingerprint density at radius 2 is 1.93 bits per heavy atom. The van der Waals surface area contributed by atoms with Crippen LogP contribution in [-0.4, -0.2) is 46.3 Å². The Morgan fingerprint density at radius 3 is 2.60 bits per heavy atom. The Morgan fingerprint density at radius 1 is 1.20 bits per heavy atom. The second-order valence-electron chi connectivity index (χ2n) is 8.99. The van der Waals surface area contributed by atoms with Crippen LogP contribution in [0.4, 0.5) is 0 Å². The van der Waals surface area contributed by atoms with Crippen LogP contribution in [-0.2, 0) is 10.8 Å². The summed E-state index contributed by atoms with van der Waals surface area (Å²) >= 11 is 0. The molecule has 3 rings (SSSR count). The largest absolute Gasteiger partial charge is 0.355 e. The molecule has 2 saturated carbocycles. The molecule has 0 saturated heterocycles. The van der Waals surface area contributed by atoms with Gasteiger partial charge < -0.3 is 16.0 Å². The average molecular weight is 433 g/mol. The Labute approximate surface area is 185 Å². The summed E-state index contributed by atoms with van der Waals surface area (Å²) in [4.78, 5) is 4.49. The van der Waals surface area contributed by atoms with Gasteiger partial charge >= 0.3 is 0 Å². The van der Waals surface area contributed by atoms with Crippen LogP contribution >= 0.6 is 0 Å². The van der Waals surface area contributed by atoms with Gasteiger partial charge in [-0.3, -0.25) is 9.20 Å². The Kier molecular flexibility index (Phi) is 8.75. The maximum Gasteiger partial charge on any atom is 0.191 e. The molecule has 2 aliphatic carbocycles. The first-order valence-corrected chi connectivity index (χ1v) is 13.1. The number of rotatable bonds is 8. The molecule has 6 heteroatoms. The lowest BCUT2D eigenvalue weighted by atomic mass is 9.94. The lowest BCUT2D eigenvalue weighted by molar-refractivity contribution is 0.296. The number of guanidine groups is 1. The molecular formula is C24H40N4OS. The van der Waals surface area contributed by atoms with Crippen LogP contribution in [0.3, 0.4) is 0 Å². The van der Waals surface area contributed by atoms with E-state index in [-0.39, 0.29) is 5.54 Å². The zero-order valence-electron chi connectivity index (χ0n) is 19.0. The maximum atomic E-state index is 12.3. The lowest BCUT2D eigenvalue weighted by Crippen LogP contribution is -2.55. The monoisotopic (exact) mass is 432 g/mol. The van der Waals surface area contributed by atoms with Crippen LogP contribution in [0.5, 0.6) is 0 Å². The summed E-state index contributed by atoms with van der Waals surface area (Å²) in [6.45, 7) is 5.16. The minimum Gasteiger partial charge on any atom is -0.355 e. The van der Waals surface area contributed by atoms with Gasteiger partial charge in [0.05, 0.1) is 0 Å². The second-order valence-corrected chi connectivity index (χ2v) is 11.0. The molecule has 0 aliphatic heterocycles. The van der Waals surface area contributed by atoms with Gasteiger partial charge in [-0.1, -0.05) is 56.5 Å². The summed E-state index contributed by atoms with van der Waals surface area (Å²) in [6, 6.07) is 11.4. The van der Waals surface area contributed by atoms with Crippen LogP contribution in [0.15, 0.2) is 35.3 Å². The zero-order chi connectivity index (χ0) is 21.4. The predicted molar refractivity (Wildman–Crippen MR) is 128 cm³/mol. The van der Waals surface area contributed by atoms with Crippen molar-refractivity contribution in [3.63, 3.8) is 0 Å². The first-order valence-electron chi connectivity index (χ1n) is 11.7. The first-order chi connectivity index (χ1) is 14.5. The van der Waals surface area contributed by atoms with E-state index in [9.17, 15) is 4.21 Å². The minimum atomic E-state index is -0.699. The van der Waals surface area contributed by atoms with Crippen LogP contribution in [0.1, 0.15) is 76.8 Å². The number of nitrogens with zero attached hydrogens (tertiary/aromatic N) is 1. The van der Waals surface area contributed by atoms with Gasteiger partial charge in [0.1, 0.15) is 0 Å². The minimum absolute atomic E-state index is 0.103. The Bertz CT molecular complexity index is 702. The quantitative estimate of drug-likeness (QED) is 0.431. The number of benzene rings is 1. The molecule has 30 heavy (non-hydrogen) atoms. The van der Waals surface area contributed by atoms with Crippen molar-refractivity contribution in [3.8, 4) is 0 Å². The third kappa shape index (κ3) is 6.30. The number of hydrogen-bond acceptors (Lipinski definition) is 3. The SMILES string of the molecule is CCS(=O)C1CCCC(NC(=NC)NCC2(NC(C)c3ccccc3)CCCC2)C1. The Balaban J connectivity index is 1.56. The molecule has 2 aliphatic rings. The highest BCUT2D eigenvalue weighted by Crippen LogP contribution is 2.32. The van der Waals surface area contributed by atoms with Crippen LogP contribution < -0.4 is 16.0 Å². The van der Waals surface area contributed by atoms with Crippen molar-refractivity contribution >= 4 is 16.8 Å². The fraction of sp³-hybridized carbons (Fsp3) is 0.708. The average Bonchev–Trinajstić information content (AvgIpc) is 3.25. The summed E-state index contributed by atoms with van der Waals surface area (Å²) in [7, 11) is 1.15. The van der Waals surface area contributed by atoms with Crippen molar-refractivity contribution in [3.05, 3.63) is 35.9 Å². The van der Waals surface area contributed by atoms with Crippen molar-refractivity contribution in [2.24, 2.45) is 4.99 Å². The highest BCUT2D eigenvalue weighted by Gasteiger charge is 2.35. The summed E-state index contributed by atoms with van der Waals surface area (Å²) in [6.07, 6.45) is 9.28. The molecule has 4 unspecified atom stereocenters. The molecule has 0 heterocycles. The number of hydrogen-bond donors (Lipinski definition) is 3. The fourth-order valence-corrected chi connectivity index (χ4v) is 6.45. The van der Waals surface area contributed by atoms with Crippen molar-refractivity contribution in [1.82, 2.24) is 16.0 Å². The van der Waals surface area contributed by atoms with E-state index in [4.69, 9.17) is 0 Å². The molecule has 5 nitrogen and oxygen atoms in total. The van der Waals surface area contributed by atoms with Gasteiger partial charge in [0.15, 0.2) is 5.96 Å². The fourth-order valence-electron chi connectivity index (χ4n) is 5.10. The third-order valence-corrected chi connectivity index (χ3v) is 8.56. The molecular weight excluding hydrogens is 392 g/mol. The standard InChI is InChI=1S/C24H40N4OS/c1-4-30(29)22-14-10-13-21(17-22)27-23(25-3)26-18-24(15-8-9-16-24)28-19(2)20-11-6-5-7-12-20/h5-7,11-12,19,21-22,28H,4,8-10,13-18H2,1-3H3,(H2,25,26,27). The van der Waals surface area contributed by atoms with Gasteiger partial charge in [0.2, 0.25) is 0 Å². The number of aliphatic imine (C=N–C) groups is 1. The normalized spacial score (nSPS) is 26.2. The van der Waals surface area contributed by atoms with Gasteiger partial charge in [-0.05, 0) is 44.6 Å². The highest BCUT2D eigenvalue weighted by atomic mass is 32.2. The van der Waals surface area contributed by atoms with E-state index >= 15 is 0 Å². The zero-order valence-corrected chi connectivity index (χ0v) is 19.8. The number of nitrogens with one attached hydrogen (secondary N) is 3. The van der Waals surface area contributed by atoms with Crippen molar-refractivity contribution in [2.75, 3.05) is 19.3 Å². The molecule has 0 radical (unpaired) electrons. The first kappa shape index (κ1) is 23.3. The summed E-state index contributed by atoms with van der Waals surface area (Å²) in [5.74, 6) is 1.64. The van der Waals surface area contributed by atoms with E-state index in [1.165, 1.54) is 31.2 Å². The van der Waals surface area contributed by atoms with E-state index in [0.717, 1.165) is 43.9 Å². The van der Waals surface area contributed by atoms with E-state index in [1.54, 1.807) is 0 Å². The molecule has 0 bridgehead atoms. The van der Waals surface area contributed by atoms with E-state index in [1.807, 2.05) is 14.0 Å². The van der Waals surface area contributed by atoms with Crippen LogP contribution in [0, 0.1) is 0 Å². The molecule has 0 spiro atoms. The summed E-state index contributed by atoms with van der Waals surface area (Å²) < 4.78 is 12.3. The van der Waals surface area contributed by atoms with Crippen LogP contribution in [0.2, 0.25) is 0 Å². The lowest BCUT2D eigenvalue weighted by Gasteiger charge is -2.36. The van der Waals surface area contributed by atoms with Gasteiger partial charge in [-0.25, -0.2) is 0 Å². The topological polar surface area (TPSA) is 65.5 Å². The van der Waals surface area contributed by atoms with Gasteiger partial charge in [0.25, 0.3) is 0 Å². The highest BCUT2D eigenvalue weighted by molar-refractivity contribution is 7.85. The third-order valence-electron chi connectivity index (χ3n) is 6.82.